The first kappa shape index (κ1) is 13.4. The van der Waals surface area contributed by atoms with Crippen molar-refractivity contribution in [2.75, 3.05) is 7.11 Å². The van der Waals surface area contributed by atoms with Crippen LogP contribution in [0, 0.1) is 20.8 Å². The van der Waals surface area contributed by atoms with Gasteiger partial charge in [-0.05, 0) is 32.4 Å². The van der Waals surface area contributed by atoms with Crippen molar-refractivity contribution in [3.8, 4) is 0 Å². The summed E-state index contributed by atoms with van der Waals surface area (Å²) in [5, 5.41) is 5.63. The molecule has 1 N–H and O–H groups in total. The summed E-state index contributed by atoms with van der Waals surface area (Å²) in [6.45, 7) is 6.26. The second-order valence-corrected chi connectivity index (χ2v) is 4.72. The lowest BCUT2D eigenvalue weighted by atomic mass is 10.0. The minimum Gasteiger partial charge on any atom is -0.277 e. The van der Waals surface area contributed by atoms with Crippen LogP contribution < -0.4 is 10.2 Å². The molecule has 0 aliphatic carbocycles. The van der Waals surface area contributed by atoms with Crippen molar-refractivity contribution in [2.45, 2.75) is 27.3 Å². The highest BCUT2D eigenvalue weighted by Crippen LogP contribution is 2.19. The maximum atomic E-state index is 11.5. The highest BCUT2D eigenvalue weighted by molar-refractivity contribution is 5.84. The van der Waals surface area contributed by atoms with Crippen molar-refractivity contribution in [3.05, 3.63) is 35.0 Å². The van der Waals surface area contributed by atoms with Crippen LogP contribution in [0.1, 0.15) is 16.7 Å². The normalized spacial score (nSPS) is 10.7. The maximum absolute atomic E-state index is 11.5. The number of nitrogens with zero attached hydrogens (tertiary/aromatic N) is 2. The van der Waals surface area contributed by atoms with E-state index in [9.17, 15) is 4.79 Å². The van der Waals surface area contributed by atoms with Crippen molar-refractivity contribution in [3.63, 3.8) is 0 Å². The first-order chi connectivity index (χ1) is 9.01. The van der Waals surface area contributed by atoms with E-state index in [0.29, 0.717) is 0 Å². The lowest BCUT2D eigenvalue weighted by Gasteiger charge is -2.05. The standard InChI is InChI=1S/C14H17N3O2/c1-9-5-10(2)14-12(6-9)11(3)7-17(15-14)8-13(18)16-19-4/h5-7H,8H2,1-4H3/p+1. The third-order valence-corrected chi connectivity index (χ3v) is 2.96. The third kappa shape index (κ3) is 2.88. The van der Waals surface area contributed by atoms with E-state index < -0.39 is 0 Å². The molecule has 0 aliphatic rings. The van der Waals surface area contributed by atoms with Crippen LogP contribution >= 0.6 is 0 Å². The summed E-state index contributed by atoms with van der Waals surface area (Å²) in [4.78, 5) is 16.1. The Bertz CT molecular complexity index is 638. The number of carbonyl (C=O) groups is 1. The number of benzene rings is 1. The number of carbonyl (C=O) groups excluding carboxylic acids is 1. The van der Waals surface area contributed by atoms with Crippen LogP contribution in [0.4, 0.5) is 0 Å². The highest BCUT2D eigenvalue weighted by atomic mass is 16.6. The molecule has 0 saturated heterocycles. The molecule has 2 aromatic rings. The summed E-state index contributed by atoms with van der Waals surface area (Å²) in [5.74, 6) is -0.233. The summed E-state index contributed by atoms with van der Waals surface area (Å²) >= 11 is 0. The fourth-order valence-corrected chi connectivity index (χ4v) is 2.22. The number of hydrogen-bond donors (Lipinski definition) is 1. The number of hydrogen-bond acceptors (Lipinski definition) is 3. The monoisotopic (exact) mass is 260 g/mol. The molecule has 1 aromatic heterocycles. The van der Waals surface area contributed by atoms with Crippen LogP contribution in [0.25, 0.3) is 10.9 Å². The third-order valence-electron chi connectivity index (χ3n) is 2.96. The zero-order valence-corrected chi connectivity index (χ0v) is 11.7. The van der Waals surface area contributed by atoms with Crippen LogP contribution in [-0.4, -0.2) is 18.1 Å². The average molecular weight is 260 g/mol. The molecule has 1 amide bonds. The fraction of sp³-hybridized carbons (Fsp3) is 0.357. The molecule has 100 valence electrons. The van der Waals surface area contributed by atoms with Crippen LogP contribution in [0.2, 0.25) is 0 Å². The van der Waals surface area contributed by atoms with Gasteiger partial charge in [-0.25, -0.2) is 5.48 Å². The van der Waals surface area contributed by atoms with Crippen LogP contribution in [0.15, 0.2) is 18.3 Å². The Balaban J connectivity index is 2.46. The van der Waals surface area contributed by atoms with Gasteiger partial charge in [0, 0.05) is 16.0 Å². The fourth-order valence-electron chi connectivity index (χ4n) is 2.22. The molecule has 0 saturated carbocycles. The van der Waals surface area contributed by atoms with E-state index in [1.807, 2.05) is 20.0 Å². The van der Waals surface area contributed by atoms with Crippen LogP contribution in [0.5, 0.6) is 0 Å². The number of amides is 1. The van der Waals surface area contributed by atoms with Gasteiger partial charge in [0.15, 0.2) is 6.20 Å². The van der Waals surface area contributed by atoms with Gasteiger partial charge in [0.2, 0.25) is 0 Å². The molecule has 5 heteroatoms. The van der Waals surface area contributed by atoms with E-state index in [4.69, 9.17) is 0 Å². The number of aryl methyl sites for hydroxylation is 3. The summed E-state index contributed by atoms with van der Waals surface area (Å²) in [6.07, 6.45) is 1.87. The van der Waals surface area contributed by atoms with E-state index in [1.54, 1.807) is 4.68 Å². The minimum atomic E-state index is -0.233. The van der Waals surface area contributed by atoms with Crippen molar-refractivity contribution >= 4 is 16.8 Å². The Morgan fingerprint density at radius 3 is 2.74 bits per heavy atom. The Labute approximate surface area is 112 Å². The van der Waals surface area contributed by atoms with Gasteiger partial charge in [-0.2, -0.15) is 0 Å². The highest BCUT2D eigenvalue weighted by Gasteiger charge is 2.15. The van der Waals surface area contributed by atoms with E-state index in [-0.39, 0.29) is 12.5 Å². The molecule has 1 aromatic carbocycles. The smallest absolute Gasteiger partial charge is 0.277 e. The molecule has 0 atom stereocenters. The van der Waals surface area contributed by atoms with Crippen LogP contribution in [0.3, 0.4) is 0 Å². The second kappa shape index (κ2) is 5.32. The van der Waals surface area contributed by atoms with E-state index >= 15 is 0 Å². The summed E-state index contributed by atoms with van der Waals surface area (Å²) in [6, 6.07) is 4.21. The minimum absolute atomic E-state index is 0.137. The largest absolute Gasteiger partial charge is 0.311 e. The van der Waals surface area contributed by atoms with Gasteiger partial charge in [-0.3, -0.25) is 9.63 Å². The topological polar surface area (TPSA) is 55.1 Å². The average Bonchev–Trinajstić information content (AvgIpc) is 2.31. The van der Waals surface area contributed by atoms with E-state index in [2.05, 4.69) is 34.5 Å². The molecule has 0 spiro atoms. The predicted octanol–water partition coefficient (Wildman–Crippen LogP) is 1.13. The number of rotatable bonds is 3. The van der Waals surface area contributed by atoms with Crippen LogP contribution in [-0.2, 0) is 16.2 Å². The Kier molecular flexibility index (Phi) is 3.76. The lowest BCUT2D eigenvalue weighted by Crippen LogP contribution is -2.45. The molecule has 0 aliphatic heterocycles. The quantitative estimate of drug-likeness (QED) is 0.665. The van der Waals surface area contributed by atoms with E-state index in [1.165, 1.54) is 12.7 Å². The first-order valence-electron chi connectivity index (χ1n) is 6.11. The van der Waals surface area contributed by atoms with Crippen molar-refractivity contribution < 1.29 is 14.3 Å². The van der Waals surface area contributed by atoms with Gasteiger partial charge in [0.05, 0.1) is 7.11 Å². The molecule has 0 bridgehead atoms. The molecule has 2 rings (SSSR count). The van der Waals surface area contributed by atoms with Gasteiger partial charge in [0.1, 0.15) is 5.52 Å². The number of fused-ring (bicyclic) bond motifs is 1. The summed E-state index contributed by atoms with van der Waals surface area (Å²) < 4.78 is 1.63. The molecular weight excluding hydrogens is 242 g/mol. The molecule has 1 heterocycles. The molecular formula is C14H18N3O2+. The van der Waals surface area contributed by atoms with Crippen molar-refractivity contribution in [1.82, 2.24) is 10.6 Å². The van der Waals surface area contributed by atoms with Crippen molar-refractivity contribution in [1.29, 1.82) is 0 Å². The Morgan fingerprint density at radius 2 is 2.05 bits per heavy atom. The van der Waals surface area contributed by atoms with Gasteiger partial charge in [-0.15, -0.1) is 0 Å². The SMILES string of the molecule is CONC(=O)C[n+]1cc(C)c2cc(C)cc(C)c2n1. The Hall–Kier alpha value is -2.01. The number of nitrogens with one attached hydrogen (secondary N) is 1. The van der Waals surface area contributed by atoms with Gasteiger partial charge in [-0.1, -0.05) is 16.3 Å². The Morgan fingerprint density at radius 1 is 1.32 bits per heavy atom. The summed E-state index contributed by atoms with van der Waals surface area (Å²) in [5.41, 5.74) is 6.63. The van der Waals surface area contributed by atoms with Gasteiger partial charge >= 0.3 is 5.91 Å². The van der Waals surface area contributed by atoms with Gasteiger partial charge < -0.3 is 0 Å². The molecule has 0 radical (unpaired) electrons. The molecule has 5 nitrogen and oxygen atoms in total. The molecule has 0 fully saturated rings. The lowest BCUT2D eigenvalue weighted by molar-refractivity contribution is -0.740. The van der Waals surface area contributed by atoms with Crippen molar-refractivity contribution in [2.24, 2.45) is 0 Å². The molecule has 19 heavy (non-hydrogen) atoms. The van der Waals surface area contributed by atoms with Gasteiger partial charge in [0.25, 0.3) is 6.54 Å². The zero-order chi connectivity index (χ0) is 14.0. The second-order valence-electron chi connectivity index (χ2n) is 4.72. The number of aromatic nitrogens is 2. The summed E-state index contributed by atoms with van der Waals surface area (Å²) in [7, 11) is 1.41. The maximum Gasteiger partial charge on any atom is 0.311 e. The number of hydroxylamine groups is 1. The van der Waals surface area contributed by atoms with E-state index in [0.717, 1.165) is 22.0 Å². The zero-order valence-electron chi connectivity index (χ0n) is 11.7. The predicted molar refractivity (Wildman–Crippen MR) is 71.3 cm³/mol. The first-order valence-corrected chi connectivity index (χ1v) is 6.11. The molecule has 0 unspecified atom stereocenters.